The molecule has 0 spiro atoms. The van der Waals surface area contributed by atoms with Gasteiger partial charge in [-0.25, -0.2) is 0 Å². The van der Waals surface area contributed by atoms with Crippen LogP contribution in [0.2, 0.25) is 0 Å². The smallest absolute Gasteiger partial charge is 0.254 e. The topological polar surface area (TPSA) is 32.8 Å². The monoisotopic (exact) mass is 388 g/mol. The van der Waals surface area contributed by atoms with Gasteiger partial charge in [0.1, 0.15) is 5.75 Å². The van der Waals surface area contributed by atoms with Crippen molar-refractivity contribution >= 4 is 21.8 Å². The fraction of sp³-hybridized carbons (Fsp3) is 0.316. The van der Waals surface area contributed by atoms with Gasteiger partial charge in [0.2, 0.25) is 0 Å². The Morgan fingerprint density at radius 3 is 2.71 bits per heavy atom. The van der Waals surface area contributed by atoms with Crippen molar-refractivity contribution < 1.29 is 9.53 Å². The second kappa shape index (κ2) is 7.36. The van der Waals surface area contributed by atoms with E-state index >= 15 is 0 Å². The zero-order chi connectivity index (χ0) is 17.1. The van der Waals surface area contributed by atoms with Crippen molar-refractivity contribution in [1.82, 2.24) is 9.80 Å². The molecule has 1 atom stereocenters. The number of ether oxygens (including phenoxy) is 1. The van der Waals surface area contributed by atoms with E-state index < -0.39 is 0 Å². The summed E-state index contributed by atoms with van der Waals surface area (Å²) in [6.07, 6.45) is 0. The molecule has 2 aromatic carbocycles. The Labute approximate surface area is 151 Å². The van der Waals surface area contributed by atoms with Crippen molar-refractivity contribution in [3.8, 4) is 5.75 Å². The van der Waals surface area contributed by atoms with Crippen molar-refractivity contribution in [3.63, 3.8) is 0 Å². The van der Waals surface area contributed by atoms with Crippen LogP contribution in [0.3, 0.4) is 0 Å². The van der Waals surface area contributed by atoms with Crippen LogP contribution < -0.4 is 4.74 Å². The van der Waals surface area contributed by atoms with Crippen molar-refractivity contribution in [2.24, 2.45) is 0 Å². The third-order valence-corrected chi connectivity index (χ3v) is 5.00. The molecule has 0 aromatic heterocycles. The number of hydrogen-bond donors (Lipinski definition) is 0. The zero-order valence-corrected chi connectivity index (χ0v) is 15.5. The first-order chi connectivity index (χ1) is 11.6. The minimum Gasteiger partial charge on any atom is -0.496 e. The maximum Gasteiger partial charge on any atom is 0.254 e. The molecule has 0 saturated carbocycles. The summed E-state index contributed by atoms with van der Waals surface area (Å²) < 4.78 is 6.43. The number of benzene rings is 2. The van der Waals surface area contributed by atoms with Crippen molar-refractivity contribution in [2.75, 3.05) is 33.8 Å². The van der Waals surface area contributed by atoms with Crippen LogP contribution in [0, 0.1) is 0 Å². The number of piperazine rings is 1. The van der Waals surface area contributed by atoms with E-state index in [1.54, 1.807) is 7.11 Å². The molecule has 1 heterocycles. The highest BCUT2D eigenvalue weighted by molar-refractivity contribution is 9.10. The number of carbonyl (C=O) groups is 1. The highest BCUT2D eigenvalue weighted by Crippen LogP contribution is 2.31. The fourth-order valence-electron chi connectivity index (χ4n) is 3.14. The van der Waals surface area contributed by atoms with Gasteiger partial charge in [-0.2, -0.15) is 0 Å². The maximum atomic E-state index is 12.8. The Balaban J connectivity index is 1.84. The molecule has 1 unspecified atom stereocenters. The fourth-order valence-corrected chi connectivity index (χ4v) is 3.54. The third-order valence-electron chi connectivity index (χ3n) is 4.50. The van der Waals surface area contributed by atoms with Gasteiger partial charge < -0.3 is 9.64 Å². The van der Waals surface area contributed by atoms with E-state index in [9.17, 15) is 4.79 Å². The number of halogens is 1. The number of methoxy groups -OCH3 is 1. The summed E-state index contributed by atoms with van der Waals surface area (Å²) in [4.78, 5) is 17.1. The van der Waals surface area contributed by atoms with Gasteiger partial charge in [-0.3, -0.25) is 9.69 Å². The molecule has 2 aromatic rings. The van der Waals surface area contributed by atoms with Gasteiger partial charge in [-0.05, 0) is 31.3 Å². The van der Waals surface area contributed by atoms with Gasteiger partial charge in [-0.15, -0.1) is 0 Å². The molecule has 5 heteroatoms. The van der Waals surface area contributed by atoms with E-state index in [0.29, 0.717) is 12.1 Å². The van der Waals surface area contributed by atoms with E-state index in [-0.39, 0.29) is 11.9 Å². The Morgan fingerprint density at radius 1 is 1.17 bits per heavy atom. The lowest BCUT2D eigenvalue weighted by molar-refractivity contribution is 0.0542. The molecule has 0 radical (unpaired) electrons. The summed E-state index contributed by atoms with van der Waals surface area (Å²) in [5.74, 6) is 0.940. The van der Waals surface area contributed by atoms with Gasteiger partial charge >= 0.3 is 0 Å². The van der Waals surface area contributed by atoms with Gasteiger partial charge in [0.05, 0.1) is 13.2 Å². The molecule has 126 valence electrons. The second-order valence-corrected chi connectivity index (χ2v) is 6.92. The minimum atomic E-state index is 0.0734. The van der Waals surface area contributed by atoms with Gasteiger partial charge in [-0.1, -0.05) is 40.2 Å². The Morgan fingerprint density at radius 2 is 1.96 bits per heavy atom. The maximum absolute atomic E-state index is 12.8. The molecule has 1 amide bonds. The third kappa shape index (κ3) is 3.47. The first kappa shape index (κ1) is 17.0. The second-order valence-electron chi connectivity index (χ2n) is 6.00. The normalized spacial score (nSPS) is 18.5. The van der Waals surface area contributed by atoms with E-state index in [0.717, 1.165) is 28.9 Å². The van der Waals surface area contributed by atoms with Crippen LogP contribution in [0.4, 0.5) is 0 Å². The molecule has 1 fully saturated rings. The predicted molar refractivity (Wildman–Crippen MR) is 98.4 cm³/mol. The Hall–Kier alpha value is -1.85. The van der Waals surface area contributed by atoms with Gasteiger partial charge in [0.25, 0.3) is 5.91 Å². The summed E-state index contributed by atoms with van der Waals surface area (Å²) in [6.45, 7) is 2.22. The molecule has 0 N–H and O–H groups in total. The molecule has 4 nitrogen and oxygen atoms in total. The molecular formula is C19H21BrN2O2. The van der Waals surface area contributed by atoms with Crippen LogP contribution in [-0.2, 0) is 0 Å². The first-order valence-corrected chi connectivity index (χ1v) is 8.77. The minimum absolute atomic E-state index is 0.0734. The Kier molecular flexibility index (Phi) is 5.21. The van der Waals surface area contributed by atoms with Crippen LogP contribution in [-0.4, -0.2) is 49.5 Å². The SMILES string of the molecule is COc1ccccc1C1CN(C(=O)c2cccc(Br)c2)CCN1C. The van der Waals surface area contributed by atoms with Crippen LogP contribution >= 0.6 is 15.9 Å². The average Bonchev–Trinajstić information content (AvgIpc) is 2.61. The number of hydrogen-bond acceptors (Lipinski definition) is 3. The van der Waals surface area contributed by atoms with Gasteiger partial charge in [0.15, 0.2) is 0 Å². The molecule has 1 aliphatic heterocycles. The summed E-state index contributed by atoms with van der Waals surface area (Å²) in [7, 11) is 3.78. The molecule has 24 heavy (non-hydrogen) atoms. The highest BCUT2D eigenvalue weighted by Gasteiger charge is 2.30. The lowest BCUT2D eigenvalue weighted by Crippen LogP contribution is -2.49. The Bertz CT molecular complexity index is 735. The van der Waals surface area contributed by atoms with Crippen LogP contribution in [0.5, 0.6) is 5.75 Å². The summed E-state index contributed by atoms with van der Waals surface area (Å²) >= 11 is 3.44. The van der Waals surface area contributed by atoms with Crippen LogP contribution in [0.25, 0.3) is 0 Å². The van der Waals surface area contributed by atoms with E-state index in [1.807, 2.05) is 47.4 Å². The molecule has 3 rings (SSSR count). The summed E-state index contributed by atoms with van der Waals surface area (Å²) in [6, 6.07) is 15.7. The molecule has 1 aliphatic rings. The van der Waals surface area contributed by atoms with Crippen molar-refractivity contribution in [1.29, 1.82) is 0 Å². The molecule has 0 aliphatic carbocycles. The van der Waals surface area contributed by atoms with Crippen LogP contribution in [0.1, 0.15) is 22.0 Å². The molecular weight excluding hydrogens is 368 g/mol. The van der Waals surface area contributed by atoms with Crippen molar-refractivity contribution in [3.05, 3.63) is 64.1 Å². The lowest BCUT2D eigenvalue weighted by atomic mass is 10.0. The summed E-state index contributed by atoms with van der Waals surface area (Å²) in [5, 5.41) is 0. The van der Waals surface area contributed by atoms with Crippen LogP contribution in [0.15, 0.2) is 53.0 Å². The number of para-hydroxylation sites is 1. The van der Waals surface area contributed by atoms with E-state index in [4.69, 9.17) is 4.74 Å². The number of likely N-dealkylation sites (N-methyl/N-ethyl adjacent to an activating group) is 1. The number of carbonyl (C=O) groups excluding carboxylic acids is 1. The first-order valence-electron chi connectivity index (χ1n) is 7.98. The lowest BCUT2D eigenvalue weighted by Gasteiger charge is -2.40. The van der Waals surface area contributed by atoms with Crippen molar-refractivity contribution in [2.45, 2.75) is 6.04 Å². The van der Waals surface area contributed by atoms with Gasteiger partial charge in [0, 0.05) is 35.2 Å². The van der Waals surface area contributed by atoms with E-state index in [2.05, 4.69) is 33.9 Å². The molecule has 1 saturated heterocycles. The number of amides is 1. The number of rotatable bonds is 3. The quantitative estimate of drug-likeness (QED) is 0.805. The number of nitrogens with zero attached hydrogens (tertiary/aromatic N) is 2. The molecule has 0 bridgehead atoms. The average molecular weight is 389 g/mol. The highest BCUT2D eigenvalue weighted by atomic mass is 79.9. The largest absolute Gasteiger partial charge is 0.496 e. The zero-order valence-electron chi connectivity index (χ0n) is 13.9. The summed E-state index contributed by atoms with van der Waals surface area (Å²) in [5.41, 5.74) is 1.84. The standard InChI is InChI=1S/C19H21BrN2O2/c1-21-10-11-22(19(23)14-6-5-7-15(20)12-14)13-17(21)16-8-3-4-9-18(16)24-2/h3-9,12,17H,10-11,13H2,1-2H3. The van der Waals surface area contributed by atoms with E-state index in [1.165, 1.54) is 0 Å². The predicted octanol–water partition coefficient (Wildman–Crippen LogP) is 3.59.